The monoisotopic (exact) mass is 295 g/mol. The third-order valence-corrected chi connectivity index (χ3v) is 3.26. The largest absolute Gasteiger partial charge is 0.416 e. The Balaban J connectivity index is 2.27. The summed E-state index contributed by atoms with van der Waals surface area (Å²) in [6.07, 6.45) is -5.32. The molecule has 5 heteroatoms. The Bertz CT molecular complexity index is 606. The van der Waals surface area contributed by atoms with E-state index in [1.165, 1.54) is 12.1 Å². The molecule has 0 spiro atoms. The molecule has 0 aromatic heterocycles. The van der Waals surface area contributed by atoms with E-state index in [4.69, 9.17) is 0 Å². The Morgan fingerprint density at radius 2 is 1.57 bits per heavy atom. The van der Waals surface area contributed by atoms with E-state index >= 15 is 0 Å². The van der Waals surface area contributed by atoms with Crippen LogP contribution in [0.3, 0.4) is 0 Å². The van der Waals surface area contributed by atoms with E-state index < -0.39 is 17.8 Å². The highest BCUT2D eigenvalue weighted by atomic mass is 19.4. The summed E-state index contributed by atoms with van der Waals surface area (Å²) in [4.78, 5) is 1.89. The van der Waals surface area contributed by atoms with Crippen LogP contribution in [0.25, 0.3) is 0 Å². The van der Waals surface area contributed by atoms with Crippen molar-refractivity contribution >= 4 is 5.69 Å². The molecule has 0 aliphatic rings. The number of hydrogen-bond acceptors (Lipinski definition) is 2. The third-order valence-electron chi connectivity index (χ3n) is 3.26. The molecule has 0 fully saturated rings. The van der Waals surface area contributed by atoms with E-state index in [2.05, 4.69) is 0 Å². The van der Waals surface area contributed by atoms with Gasteiger partial charge in [-0.2, -0.15) is 13.2 Å². The first-order valence-corrected chi connectivity index (χ1v) is 6.41. The molecule has 0 aliphatic carbocycles. The number of nitrogens with zero attached hydrogens (tertiary/aromatic N) is 1. The van der Waals surface area contributed by atoms with Crippen molar-refractivity contribution in [3.8, 4) is 0 Å². The van der Waals surface area contributed by atoms with Crippen LogP contribution in [0.1, 0.15) is 22.8 Å². The van der Waals surface area contributed by atoms with E-state index in [1.54, 1.807) is 12.1 Å². The van der Waals surface area contributed by atoms with Crippen LogP contribution < -0.4 is 4.90 Å². The van der Waals surface area contributed by atoms with Gasteiger partial charge in [-0.3, -0.25) is 0 Å². The smallest absolute Gasteiger partial charge is 0.384 e. The molecule has 2 rings (SSSR count). The van der Waals surface area contributed by atoms with Crippen LogP contribution in [0.2, 0.25) is 0 Å². The number of halogens is 3. The summed E-state index contributed by atoms with van der Waals surface area (Å²) >= 11 is 0. The Morgan fingerprint density at radius 1 is 0.952 bits per heavy atom. The second-order valence-electron chi connectivity index (χ2n) is 5.01. The highest BCUT2D eigenvalue weighted by molar-refractivity contribution is 5.49. The van der Waals surface area contributed by atoms with Crippen LogP contribution in [-0.4, -0.2) is 19.2 Å². The van der Waals surface area contributed by atoms with Gasteiger partial charge in [0.15, 0.2) is 0 Å². The van der Waals surface area contributed by atoms with Crippen molar-refractivity contribution in [2.24, 2.45) is 0 Å². The summed E-state index contributed by atoms with van der Waals surface area (Å²) in [5.74, 6) is 0. The summed E-state index contributed by atoms with van der Waals surface area (Å²) in [6, 6.07) is 11.8. The molecule has 112 valence electrons. The van der Waals surface area contributed by atoms with Crippen LogP contribution in [-0.2, 0) is 6.18 Å². The lowest BCUT2D eigenvalue weighted by atomic mass is 10.00. The van der Waals surface area contributed by atoms with Gasteiger partial charge >= 0.3 is 6.18 Å². The second-order valence-corrected chi connectivity index (χ2v) is 5.01. The zero-order valence-electron chi connectivity index (χ0n) is 11.7. The van der Waals surface area contributed by atoms with Crippen molar-refractivity contribution in [2.75, 3.05) is 19.0 Å². The molecule has 0 bridgehead atoms. The lowest BCUT2D eigenvalue weighted by molar-refractivity contribution is -0.137. The molecule has 1 unspecified atom stereocenters. The minimum absolute atomic E-state index is 0.430. The lowest BCUT2D eigenvalue weighted by Gasteiger charge is -2.17. The summed E-state index contributed by atoms with van der Waals surface area (Å²) in [7, 11) is 3.76. The number of anilines is 1. The molecule has 2 nitrogen and oxygen atoms in total. The van der Waals surface area contributed by atoms with Crippen molar-refractivity contribution in [1.29, 1.82) is 0 Å². The molecule has 0 radical (unpaired) electrons. The van der Waals surface area contributed by atoms with Crippen molar-refractivity contribution in [2.45, 2.75) is 12.3 Å². The quantitative estimate of drug-likeness (QED) is 0.929. The molecule has 0 heterocycles. The third kappa shape index (κ3) is 3.55. The van der Waals surface area contributed by atoms with Crippen molar-refractivity contribution in [3.63, 3.8) is 0 Å². The van der Waals surface area contributed by atoms with Gasteiger partial charge in [-0.1, -0.05) is 24.3 Å². The standard InChI is InChI=1S/C16H16F3NO/c1-20(2)14-5-3-4-12(10-14)15(21)11-6-8-13(9-7-11)16(17,18)19/h3-10,15,21H,1-2H3. The number of aliphatic hydroxyl groups excluding tert-OH is 1. The molecule has 1 atom stereocenters. The average molecular weight is 295 g/mol. The molecule has 1 N–H and O–H groups in total. The van der Waals surface area contributed by atoms with Crippen molar-refractivity contribution in [3.05, 3.63) is 65.2 Å². The van der Waals surface area contributed by atoms with Crippen LogP contribution in [0.4, 0.5) is 18.9 Å². The normalized spacial score (nSPS) is 13.0. The fraction of sp³-hybridized carbons (Fsp3) is 0.250. The number of alkyl halides is 3. The molecule has 0 saturated heterocycles. The Labute approximate surface area is 121 Å². The van der Waals surface area contributed by atoms with E-state index in [1.807, 2.05) is 31.1 Å². The summed E-state index contributed by atoms with van der Waals surface area (Å²) in [5, 5.41) is 10.3. The van der Waals surface area contributed by atoms with Crippen molar-refractivity contribution in [1.82, 2.24) is 0 Å². The maximum atomic E-state index is 12.5. The van der Waals surface area contributed by atoms with Gasteiger partial charge in [0.05, 0.1) is 5.56 Å². The van der Waals surface area contributed by atoms with Gasteiger partial charge in [-0.15, -0.1) is 0 Å². The summed E-state index contributed by atoms with van der Waals surface area (Å²) < 4.78 is 37.6. The maximum Gasteiger partial charge on any atom is 0.416 e. The number of rotatable bonds is 3. The second kappa shape index (κ2) is 5.77. The first-order chi connectivity index (χ1) is 9.79. The SMILES string of the molecule is CN(C)c1cccc(C(O)c2ccc(C(F)(F)F)cc2)c1. The Kier molecular flexibility index (Phi) is 4.23. The van der Waals surface area contributed by atoms with Gasteiger partial charge in [-0.05, 0) is 35.4 Å². The van der Waals surface area contributed by atoms with Crippen LogP contribution in [0, 0.1) is 0 Å². The molecule has 0 aliphatic heterocycles. The molecular formula is C16H16F3NO. The minimum atomic E-state index is -4.37. The fourth-order valence-corrected chi connectivity index (χ4v) is 2.02. The number of aliphatic hydroxyl groups is 1. The van der Waals surface area contributed by atoms with Crippen LogP contribution >= 0.6 is 0 Å². The predicted octanol–water partition coefficient (Wildman–Crippen LogP) is 3.85. The average Bonchev–Trinajstić information content (AvgIpc) is 2.46. The van der Waals surface area contributed by atoms with E-state index in [0.717, 1.165) is 17.8 Å². The van der Waals surface area contributed by atoms with E-state index in [9.17, 15) is 18.3 Å². The maximum absolute atomic E-state index is 12.5. The molecule has 2 aromatic carbocycles. The molecular weight excluding hydrogens is 279 g/mol. The fourth-order valence-electron chi connectivity index (χ4n) is 2.02. The number of benzene rings is 2. The van der Waals surface area contributed by atoms with E-state index in [-0.39, 0.29) is 0 Å². The minimum Gasteiger partial charge on any atom is -0.384 e. The van der Waals surface area contributed by atoms with Gasteiger partial charge in [-0.25, -0.2) is 0 Å². The summed E-state index contributed by atoms with van der Waals surface area (Å²) in [5.41, 5.74) is 1.26. The predicted molar refractivity (Wildman–Crippen MR) is 76.3 cm³/mol. The zero-order valence-corrected chi connectivity index (χ0v) is 11.7. The topological polar surface area (TPSA) is 23.5 Å². The van der Waals surface area contributed by atoms with Crippen molar-refractivity contribution < 1.29 is 18.3 Å². The zero-order chi connectivity index (χ0) is 15.6. The Morgan fingerprint density at radius 3 is 2.10 bits per heavy atom. The van der Waals surface area contributed by atoms with Gasteiger partial charge in [0.1, 0.15) is 6.10 Å². The van der Waals surface area contributed by atoms with Crippen LogP contribution in [0.5, 0.6) is 0 Å². The lowest BCUT2D eigenvalue weighted by Crippen LogP contribution is -2.10. The molecule has 0 amide bonds. The van der Waals surface area contributed by atoms with Gasteiger partial charge < -0.3 is 10.0 Å². The number of hydrogen-bond donors (Lipinski definition) is 1. The van der Waals surface area contributed by atoms with Crippen LogP contribution in [0.15, 0.2) is 48.5 Å². The molecule has 2 aromatic rings. The van der Waals surface area contributed by atoms with Gasteiger partial charge in [0, 0.05) is 19.8 Å². The highest BCUT2D eigenvalue weighted by Crippen LogP contribution is 2.31. The van der Waals surface area contributed by atoms with E-state index in [0.29, 0.717) is 11.1 Å². The van der Waals surface area contributed by atoms with Gasteiger partial charge in [0.25, 0.3) is 0 Å². The van der Waals surface area contributed by atoms with Gasteiger partial charge in [0.2, 0.25) is 0 Å². The summed E-state index contributed by atoms with van der Waals surface area (Å²) in [6.45, 7) is 0. The molecule has 0 saturated carbocycles. The molecule has 21 heavy (non-hydrogen) atoms. The first-order valence-electron chi connectivity index (χ1n) is 6.41. The highest BCUT2D eigenvalue weighted by Gasteiger charge is 2.30. The first kappa shape index (κ1) is 15.4. The Hall–Kier alpha value is -2.01.